The van der Waals surface area contributed by atoms with Gasteiger partial charge in [0.05, 0.1) is 22.2 Å². The quantitative estimate of drug-likeness (QED) is 0.633. The summed E-state index contributed by atoms with van der Waals surface area (Å²) in [7, 11) is 0. The van der Waals surface area contributed by atoms with E-state index in [1.807, 2.05) is 0 Å². The molecule has 1 rings (SSSR count). The average Bonchev–Trinajstić information content (AvgIpc) is 2.21. The minimum Gasteiger partial charge on any atom is -0.196 e. The number of halogens is 4. The molecule has 0 bridgehead atoms. The average molecular weight is 268 g/mol. The van der Waals surface area contributed by atoms with E-state index in [1.54, 1.807) is 12.1 Å². The fourth-order valence-corrected chi connectivity index (χ4v) is 1.91. The lowest BCUT2D eigenvalue weighted by atomic mass is 9.88. The summed E-state index contributed by atoms with van der Waals surface area (Å²) in [5.41, 5.74) is 0. The third-order valence-electron chi connectivity index (χ3n) is 1.79. The van der Waals surface area contributed by atoms with Gasteiger partial charge in [-0.1, -0.05) is 46.4 Å². The van der Waals surface area contributed by atoms with E-state index in [1.165, 1.54) is 12.2 Å². The van der Waals surface area contributed by atoms with Crippen LogP contribution in [0.5, 0.6) is 0 Å². The van der Waals surface area contributed by atoms with Crippen LogP contribution >= 0.6 is 46.4 Å². The molecule has 1 aliphatic rings. The normalized spacial score (nSPS) is 36.4. The van der Waals surface area contributed by atoms with Crippen LogP contribution in [0.4, 0.5) is 0 Å². The summed E-state index contributed by atoms with van der Waals surface area (Å²) in [6.45, 7) is 0. The van der Waals surface area contributed by atoms with Crippen LogP contribution in [-0.2, 0) is 0 Å². The standard InChI is InChI=1S/C8H2Cl4N2/c9-5-1-2-7(11,3-13)8(12,4-14)6(5)10/h1-2H. The highest BCUT2D eigenvalue weighted by molar-refractivity contribution is 6.50. The predicted octanol–water partition coefficient (Wildman–Crippen LogP) is 3.25. The number of nitrogens with zero attached hydrogens (tertiary/aromatic N) is 2. The van der Waals surface area contributed by atoms with Crippen molar-refractivity contribution in [3.05, 3.63) is 22.2 Å². The van der Waals surface area contributed by atoms with Gasteiger partial charge in [0.2, 0.25) is 4.87 Å². The number of allylic oxidation sites excluding steroid dienone is 4. The van der Waals surface area contributed by atoms with E-state index in [0.29, 0.717) is 0 Å². The molecule has 0 fully saturated rings. The number of hydrogen-bond acceptors (Lipinski definition) is 2. The second-order valence-electron chi connectivity index (χ2n) is 2.59. The molecule has 2 nitrogen and oxygen atoms in total. The zero-order valence-electron chi connectivity index (χ0n) is 6.56. The summed E-state index contributed by atoms with van der Waals surface area (Å²) >= 11 is 23.1. The maximum Gasteiger partial charge on any atom is 0.203 e. The van der Waals surface area contributed by atoms with Gasteiger partial charge in [0, 0.05) is 0 Å². The second kappa shape index (κ2) is 3.65. The van der Waals surface area contributed by atoms with Gasteiger partial charge in [-0.3, -0.25) is 0 Å². The van der Waals surface area contributed by atoms with Crippen LogP contribution in [-0.4, -0.2) is 9.75 Å². The summed E-state index contributed by atoms with van der Waals surface area (Å²) in [4.78, 5) is -3.53. The Balaban J connectivity index is 3.44. The van der Waals surface area contributed by atoms with Crippen molar-refractivity contribution >= 4 is 46.4 Å². The number of nitriles is 2. The molecule has 0 spiro atoms. The van der Waals surface area contributed by atoms with Gasteiger partial charge in [-0.25, -0.2) is 0 Å². The van der Waals surface area contributed by atoms with Gasteiger partial charge in [0.25, 0.3) is 0 Å². The molecule has 2 unspecified atom stereocenters. The topological polar surface area (TPSA) is 47.6 Å². The zero-order valence-corrected chi connectivity index (χ0v) is 9.58. The highest BCUT2D eigenvalue weighted by Gasteiger charge is 2.54. The van der Waals surface area contributed by atoms with Crippen molar-refractivity contribution in [3.63, 3.8) is 0 Å². The van der Waals surface area contributed by atoms with E-state index >= 15 is 0 Å². The Labute approximate surface area is 101 Å². The summed E-state index contributed by atoms with van der Waals surface area (Å²) in [5.74, 6) is 0. The van der Waals surface area contributed by atoms with Crippen LogP contribution in [0.2, 0.25) is 0 Å². The van der Waals surface area contributed by atoms with E-state index in [-0.39, 0.29) is 10.1 Å². The molecule has 0 N–H and O–H groups in total. The lowest BCUT2D eigenvalue weighted by molar-refractivity contribution is 0.754. The van der Waals surface area contributed by atoms with Gasteiger partial charge >= 0.3 is 0 Å². The third kappa shape index (κ3) is 1.40. The predicted molar refractivity (Wildman–Crippen MR) is 56.3 cm³/mol. The Kier molecular flexibility index (Phi) is 3.04. The Bertz CT molecular complexity index is 414. The molecular weight excluding hydrogens is 266 g/mol. The van der Waals surface area contributed by atoms with Gasteiger partial charge < -0.3 is 0 Å². The number of hydrogen-bond donors (Lipinski definition) is 0. The van der Waals surface area contributed by atoms with Gasteiger partial charge in [0.1, 0.15) is 0 Å². The van der Waals surface area contributed by atoms with E-state index in [2.05, 4.69) is 0 Å². The minimum absolute atomic E-state index is 0.106. The van der Waals surface area contributed by atoms with Crippen molar-refractivity contribution in [1.29, 1.82) is 10.5 Å². The van der Waals surface area contributed by atoms with Crippen LogP contribution in [0.15, 0.2) is 22.2 Å². The molecule has 0 aromatic heterocycles. The smallest absolute Gasteiger partial charge is 0.196 e. The maximum atomic E-state index is 8.88. The first-order valence-corrected chi connectivity index (χ1v) is 4.88. The third-order valence-corrected chi connectivity index (χ3v) is 3.95. The summed E-state index contributed by atoms with van der Waals surface area (Å²) in [5, 5.41) is 17.7. The molecule has 0 saturated carbocycles. The summed E-state index contributed by atoms with van der Waals surface area (Å²) < 4.78 is 0. The largest absolute Gasteiger partial charge is 0.203 e. The second-order valence-corrected chi connectivity index (χ2v) is 4.54. The van der Waals surface area contributed by atoms with Gasteiger partial charge in [-0.15, -0.1) is 0 Å². The molecule has 0 amide bonds. The van der Waals surface area contributed by atoms with Crippen molar-refractivity contribution in [3.8, 4) is 12.1 Å². The monoisotopic (exact) mass is 266 g/mol. The van der Waals surface area contributed by atoms with Crippen LogP contribution in [0.3, 0.4) is 0 Å². The molecule has 0 radical (unpaired) electrons. The van der Waals surface area contributed by atoms with E-state index in [0.717, 1.165) is 0 Å². The van der Waals surface area contributed by atoms with Crippen LogP contribution < -0.4 is 0 Å². The summed E-state index contributed by atoms with van der Waals surface area (Å²) in [6, 6.07) is 3.41. The van der Waals surface area contributed by atoms with Crippen LogP contribution in [0.1, 0.15) is 0 Å². The molecule has 0 aliphatic heterocycles. The Hall–Kier alpha value is -0.380. The molecule has 1 aliphatic carbocycles. The van der Waals surface area contributed by atoms with Gasteiger partial charge in [-0.2, -0.15) is 10.5 Å². The van der Waals surface area contributed by atoms with E-state index in [4.69, 9.17) is 56.9 Å². The number of alkyl halides is 2. The molecule has 0 aromatic rings. The highest BCUT2D eigenvalue weighted by atomic mass is 35.5. The lowest BCUT2D eigenvalue weighted by Crippen LogP contribution is -2.44. The van der Waals surface area contributed by atoms with Crippen molar-refractivity contribution in [2.24, 2.45) is 0 Å². The van der Waals surface area contributed by atoms with Crippen molar-refractivity contribution < 1.29 is 0 Å². The molecule has 6 heteroatoms. The lowest BCUT2D eigenvalue weighted by Gasteiger charge is -2.31. The van der Waals surface area contributed by atoms with Crippen LogP contribution in [0, 0.1) is 22.7 Å². The minimum atomic E-state index is -1.84. The van der Waals surface area contributed by atoms with Gasteiger partial charge in [-0.05, 0) is 12.2 Å². The molecule has 0 saturated heterocycles. The number of rotatable bonds is 0. The van der Waals surface area contributed by atoms with Gasteiger partial charge in [0.15, 0.2) is 4.87 Å². The SMILES string of the molecule is N#CC1(Cl)C=CC(Cl)=C(Cl)C1(Cl)C#N. The highest BCUT2D eigenvalue weighted by Crippen LogP contribution is 2.48. The fourth-order valence-electron chi connectivity index (χ4n) is 0.945. The molecule has 2 atom stereocenters. The molecule has 0 aromatic carbocycles. The summed E-state index contributed by atoms with van der Waals surface area (Å²) in [6.07, 6.45) is 2.59. The first kappa shape index (κ1) is 11.7. The van der Waals surface area contributed by atoms with Crippen LogP contribution in [0.25, 0.3) is 0 Å². The van der Waals surface area contributed by atoms with E-state index in [9.17, 15) is 0 Å². The molecule has 14 heavy (non-hydrogen) atoms. The first-order chi connectivity index (χ1) is 6.41. The Morgan fingerprint density at radius 1 is 1.14 bits per heavy atom. The molecule has 0 heterocycles. The van der Waals surface area contributed by atoms with Crippen molar-refractivity contribution in [2.75, 3.05) is 0 Å². The maximum absolute atomic E-state index is 8.88. The Morgan fingerprint density at radius 3 is 2.14 bits per heavy atom. The first-order valence-electron chi connectivity index (χ1n) is 3.36. The van der Waals surface area contributed by atoms with Crippen molar-refractivity contribution in [1.82, 2.24) is 0 Å². The molecular formula is C8H2Cl4N2. The fraction of sp³-hybridized carbons (Fsp3) is 0.250. The van der Waals surface area contributed by atoms with Crippen molar-refractivity contribution in [2.45, 2.75) is 9.75 Å². The molecule has 72 valence electrons. The Morgan fingerprint density at radius 2 is 1.71 bits per heavy atom. The zero-order chi connectivity index (χ0) is 11.0. The van der Waals surface area contributed by atoms with E-state index < -0.39 is 9.75 Å².